The topological polar surface area (TPSA) is 151 Å². The Balaban J connectivity index is 0.000000494. The molecular weight excluding hydrogens is 260 g/mol. The second-order valence-corrected chi connectivity index (χ2v) is 4.96. The maximum absolute atomic E-state index is 8.74. The molecule has 108 valence electrons. The lowest BCUT2D eigenvalue weighted by atomic mass is 10.0. The second kappa shape index (κ2) is 9.09. The molecule has 1 aliphatic heterocycles. The summed E-state index contributed by atoms with van der Waals surface area (Å²) >= 11 is 0. The van der Waals surface area contributed by atoms with E-state index in [-0.39, 0.29) is 5.96 Å². The average Bonchev–Trinajstić information content (AvgIpc) is 2.12. The molecule has 0 bridgehead atoms. The Morgan fingerprint density at radius 2 is 1.78 bits per heavy atom. The summed E-state index contributed by atoms with van der Waals surface area (Å²) in [5, 5.41) is 3.46. The molecule has 1 saturated heterocycles. The molecule has 0 aromatic carbocycles. The summed E-state index contributed by atoms with van der Waals surface area (Å²) in [6.07, 6.45) is 6.45. The van der Waals surface area contributed by atoms with E-state index in [4.69, 9.17) is 29.0 Å². The van der Waals surface area contributed by atoms with E-state index >= 15 is 0 Å². The number of guanidine groups is 1. The predicted molar refractivity (Wildman–Crippen MR) is 69.7 cm³/mol. The number of hydrogen-bond acceptors (Lipinski definition) is 4. The Bertz CT molecular complexity index is 324. The molecule has 1 rings (SSSR count). The van der Waals surface area contributed by atoms with Gasteiger partial charge in [0.25, 0.3) is 0 Å². The highest BCUT2D eigenvalue weighted by Crippen LogP contribution is 2.09. The summed E-state index contributed by atoms with van der Waals surface area (Å²) in [6.45, 7) is 1.83. The molecule has 0 spiro atoms. The summed E-state index contributed by atoms with van der Waals surface area (Å²) < 4.78 is 31.6. The van der Waals surface area contributed by atoms with Gasteiger partial charge in [0.15, 0.2) is 5.96 Å². The van der Waals surface area contributed by atoms with Crippen LogP contribution < -0.4 is 16.8 Å². The molecule has 0 aromatic rings. The quantitative estimate of drug-likeness (QED) is 0.261. The van der Waals surface area contributed by atoms with Gasteiger partial charge >= 0.3 is 10.4 Å². The van der Waals surface area contributed by atoms with E-state index in [2.05, 4.69) is 10.3 Å². The normalized spacial score (nSPS) is 20.9. The smallest absolute Gasteiger partial charge is 0.370 e. The molecule has 1 fully saturated rings. The maximum Gasteiger partial charge on any atom is 0.394 e. The van der Waals surface area contributed by atoms with Crippen LogP contribution in [0, 0.1) is 0 Å². The van der Waals surface area contributed by atoms with Crippen molar-refractivity contribution in [3.63, 3.8) is 0 Å². The van der Waals surface area contributed by atoms with Crippen molar-refractivity contribution < 1.29 is 17.5 Å². The fraction of sp³-hybridized carbons (Fsp3) is 0.889. The summed E-state index contributed by atoms with van der Waals surface area (Å²) in [6, 6.07) is 0.474. The van der Waals surface area contributed by atoms with Crippen molar-refractivity contribution in [1.82, 2.24) is 5.32 Å². The van der Waals surface area contributed by atoms with Gasteiger partial charge in [-0.15, -0.1) is 0 Å². The van der Waals surface area contributed by atoms with E-state index in [1.165, 1.54) is 32.1 Å². The van der Waals surface area contributed by atoms with Crippen LogP contribution in [0.4, 0.5) is 0 Å². The minimum atomic E-state index is -4.67. The van der Waals surface area contributed by atoms with E-state index in [1.807, 2.05) is 0 Å². The van der Waals surface area contributed by atoms with Gasteiger partial charge in [0.05, 0.1) is 6.54 Å². The van der Waals surface area contributed by atoms with E-state index < -0.39 is 10.4 Å². The van der Waals surface area contributed by atoms with Gasteiger partial charge in [-0.05, 0) is 19.4 Å². The molecule has 0 aromatic heterocycles. The van der Waals surface area contributed by atoms with Crippen molar-refractivity contribution >= 4 is 16.4 Å². The van der Waals surface area contributed by atoms with Crippen LogP contribution in [-0.4, -0.2) is 42.6 Å². The second-order valence-electron chi connectivity index (χ2n) is 4.07. The molecule has 7 N–H and O–H groups in total. The first-order chi connectivity index (χ1) is 8.29. The Morgan fingerprint density at radius 3 is 2.33 bits per heavy atom. The number of nitrogens with zero attached hydrogens (tertiary/aromatic N) is 1. The van der Waals surface area contributed by atoms with Crippen LogP contribution in [0.25, 0.3) is 0 Å². The molecule has 8 nitrogen and oxygen atoms in total. The predicted octanol–water partition coefficient (Wildman–Crippen LogP) is -0.471. The van der Waals surface area contributed by atoms with Crippen molar-refractivity contribution in [1.29, 1.82) is 0 Å². The highest BCUT2D eigenvalue weighted by molar-refractivity contribution is 7.79. The third kappa shape index (κ3) is 15.1. The number of nitrogens with two attached hydrogens (primary N) is 2. The van der Waals surface area contributed by atoms with Gasteiger partial charge in [0.1, 0.15) is 0 Å². The average molecular weight is 282 g/mol. The van der Waals surface area contributed by atoms with Crippen LogP contribution in [0.15, 0.2) is 4.99 Å². The zero-order valence-electron chi connectivity index (χ0n) is 10.2. The van der Waals surface area contributed by atoms with Crippen LogP contribution in [0.3, 0.4) is 0 Å². The SMILES string of the molecule is NC(N)=NCC1CCCCCCN1.O=S(=O)(O)O. The number of hydrogen-bond donors (Lipinski definition) is 5. The number of rotatable bonds is 2. The summed E-state index contributed by atoms with van der Waals surface area (Å²) in [4.78, 5) is 4.03. The Morgan fingerprint density at radius 1 is 1.22 bits per heavy atom. The minimum Gasteiger partial charge on any atom is -0.370 e. The van der Waals surface area contributed by atoms with Gasteiger partial charge in [-0.3, -0.25) is 14.1 Å². The van der Waals surface area contributed by atoms with Crippen LogP contribution in [0.2, 0.25) is 0 Å². The van der Waals surface area contributed by atoms with Crippen LogP contribution in [0.1, 0.15) is 32.1 Å². The van der Waals surface area contributed by atoms with E-state index in [0.29, 0.717) is 6.04 Å². The molecule has 1 aliphatic rings. The summed E-state index contributed by atoms with van der Waals surface area (Å²) in [5.41, 5.74) is 10.6. The van der Waals surface area contributed by atoms with Crippen LogP contribution >= 0.6 is 0 Å². The molecular formula is C9H22N4O4S. The fourth-order valence-electron chi connectivity index (χ4n) is 1.65. The molecule has 1 atom stereocenters. The van der Waals surface area contributed by atoms with Gasteiger partial charge in [-0.1, -0.05) is 19.3 Å². The Labute approximate surface area is 107 Å². The van der Waals surface area contributed by atoms with Crippen molar-refractivity contribution in [2.75, 3.05) is 13.1 Å². The molecule has 0 aliphatic carbocycles. The third-order valence-corrected chi connectivity index (χ3v) is 2.41. The standard InChI is InChI=1S/C9H20N4.H2O4S/c10-9(11)13-7-8-5-3-1-2-4-6-12-8;1-5(2,3)4/h8,12H,1-7H2,(H4,10,11,13);(H2,1,2,3,4). The number of nitrogens with one attached hydrogen (secondary N) is 1. The lowest BCUT2D eigenvalue weighted by Crippen LogP contribution is -2.35. The Kier molecular flexibility index (Phi) is 8.63. The monoisotopic (exact) mass is 282 g/mol. The molecule has 9 heteroatoms. The molecule has 0 radical (unpaired) electrons. The van der Waals surface area contributed by atoms with Crippen molar-refractivity contribution in [3.8, 4) is 0 Å². The fourth-order valence-corrected chi connectivity index (χ4v) is 1.65. The Hall–Kier alpha value is -0.900. The van der Waals surface area contributed by atoms with Crippen LogP contribution in [-0.2, 0) is 10.4 Å². The van der Waals surface area contributed by atoms with Gasteiger partial charge in [-0.25, -0.2) is 0 Å². The minimum absolute atomic E-state index is 0.198. The highest BCUT2D eigenvalue weighted by Gasteiger charge is 2.09. The number of aliphatic imine (C=N–C) groups is 1. The van der Waals surface area contributed by atoms with Gasteiger partial charge < -0.3 is 16.8 Å². The maximum atomic E-state index is 8.74. The lowest BCUT2D eigenvalue weighted by molar-refractivity contribution is 0.381. The van der Waals surface area contributed by atoms with E-state index in [1.54, 1.807) is 0 Å². The molecule has 1 heterocycles. The van der Waals surface area contributed by atoms with Crippen LogP contribution in [0.5, 0.6) is 0 Å². The summed E-state index contributed by atoms with van der Waals surface area (Å²) in [5.74, 6) is 0.198. The first kappa shape index (κ1) is 17.1. The van der Waals surface area contributed by atoms with E-state index in [9.17, 15) is 0 Å². The zero-order chi connectivity index (χ0) is 14.0. The highest BCUT2D eigenvalue weighted by atomic mass is 32.3. The first-order valence-electron chi connectivity index (χ1n) is 5.77. The molecule has 0 amide bonds. The molecule has 1 unspecified atom stereocenters. The zero-order valence-corrected chi connectivity index (χ0v) is 11.1. The van der Waals surface area contributed by atoms with Crippen molar-refractivity contribution in [2.45, 2.75) is 38.1 Å². The van der Waals surface area contributed by atoms with Crippen molar-refractivity contribution in [3.05, 3.63) is 0 Å². The lowest BCUT2D eigenvalue weighted by Gasteiger charge is -2.19. The third-order valence-electron chi connectivity index (χ3n) is 2.41. The van der Waals surface area contributed by atoms with Gasteiger partial charge in [0.2, 0.25) is 0 Å². The van der Waals surface area contributed by atoms with Crippen molar-refractivity contribution in [2.24, 2.45) is 16.5 Å². The van der Waals surface area contributed by atoms with Gasteiger partial charge in [-0.2, -0.15) is 8.42 Å². The molecule has 0 saturated carbocycles. The molecule has 18 heavy (non-hydrogen) atoms. The van der Waals surface area contributed by atoms with E-state index in [0.717, 1.165) is 13.1 Å². The summed E-state index contributed by atoms with van der Waals surface area (Å²) in [7, 11) is -4.67. The largest absolute Gasteiger partial charge is 0.394 e. The first-order valence-corrected chi connectivity index (χ1v) is 7.17. The van der Waals surface area contributed by atoms with Gasteiger partial charge in [0, 0.05) is 6.04 Å².